The van der Waals surface area contributed by atoms with Crippen molar-refractivity contribution in [2.45, 2.75) is 12.7 Å². The highest BCUT2D eigenvalue weighted by Crippen LogP contribution is 2.29. The van der Waals surface area contributed by atoms with E-state index >= 15 is 0 Å². The van der Waals surface area contributed by atoms with Gasteiger partial charge >= 0.3 is 6.18 Å². The Morgan fingerprint density at radius 2 is 1.65 bits per heavy atom. The lowest BCUT2D eigenvalue weighted by Gasteiger charge is -2.36. The van der Waals surface area contributed by atoms with Crippen LogP contribution in [0.5, 0.6) is 0 Å². The Balaban J connectivity index is 1.41. The molecule has 1 aliphatic rings. The largest absolute Gasteiger partial charge is 0.416 e. The van der Waals surface area contributed by atoms with Gasteiger partial charge in [-0.25, -0.2) is 4.98 Å². The van der Waals surface area contributed by atoms with Crippen molar-refractivity contribution in [2.75, 3.05) is 47.0 Å². The van der Waals surface area contributed by atoms with Crippen LogP contribution in [0.3, 0.4) is 0 Å². The van der Waals surface area contributed by atoms with Crippen LogP contribution in [0.2, 0.25) is 0 Å². The minimum Gasteiger partial charge on any atom is -0.368 e. The Bertz CT molecular complexity index is 1020. The van der Waals surface area contributed by atoms with Gasteiger partial charge in [-0.1, -0.05) is 18.2 Å². The molecule has 0 atom stereocenters. The molecule has 4 rings (SSSR count). The van der Waals surface area contributed by atoms with E-state index in [9.17, 15) is 13.2 Å². The van der Waals surface area contributed by atoms with Gasteiger partial charge in [-0.3, -0.25) is 0 Å². The highest BCUT2D eigenvalue weighted by atomic mass is 19.4. The van der Waals surface area contributed by atoms with E-state index in [4.69, 9.17) is 5.73 Å². The minimum atomic E-state index is -4.38. The van der Waals surface area contributed by atoms with E-state index in [-0.39, 0.29) is 12.5 Å². The Morgan fingerprint density at radius 3 is 2.32 bits per heavy atom. The molecule has 0 aliphatic carbocycles. The lowest BCUT2D eigenvalue weighted by Crippen LogP contribution is -2.47. The van der Waals surface area contributed by atoms with Crippen molar-refractivity contribution in [3.8, 4) is 0 Å². The van der Waals surface area contributed by atoms with Crippen LogP contribution in [-0.2, 0) is 12.7 Å². The van der Waals surface area contributed by atoms with Crippen LogP contribution < -0.4 is 20.9 Å². The third-order valence-corrected chi connectivity index (χ3v) is 5.03. The fraction of sp³-hybridized carbons (Fsp3) is 0.286. The number of nitrogens with one attached hydrogen (secondary N) is 1. The molecule has 0 bridgehead atoms. The van der Waals surface area contributed by atoms with Crippen molar-refractivity contribution in [2.24, 2.45) is 0 Å². The zero-order valence-electron chi connectivity index (χ0n) is 16.7. The van der Waals surface area contributed by atoms with Gasteiger partial charge in [0.15, 0.2) is 0 Å². The maximum atomic E-state index is 12.9. The van der Waals surface area contributed by atoms with Gasteiger partial charge in [0.25, 0.3) is 0 Å². The van der Waals surface area contributed by atoms with Crippen molar-refractivity contribution in [1.29, 1.82) is 0 Å². The van der Waals surface area contributed by atoms with Crippen LogP contribution in [0, 0.1) is 0 Å². The predicted octanol–water partition coefficient (Wildman–Crippen LogP) is 3.41. The zero-order valence-corrected chi connectivity index (χ0v) is 16.7. The second kappa shape index (κ2) is 8.66. The first-order valence-electron chi connectivity index (χ1n) is 9.84. The number of piperazine rings is 1. The van der Waals surface area contributed by atoms with Crippen molar-refractivity contribution in [3.63, 3.8) is 0 Å². The first-order valence-corrected chi connectivity index (χ1v) is 9.84. The number of pyridine rings is 1. The normalized spacial score (nSPS) is 14.5. The SMILES string of the molecule is Nc1nc(NCc2cccc(C(F)(F)F)c2)cc(N2CCN(c3ccccn3)CC2)n1. The van der Waals surface area contributed by atoms with E-state index in [1.165, 1.54) is 6.07 Å². The molecule has 0 saturated carbocycles. The molecule has 1 saturated heterocycles. The van der Waals surface area contributed by atoms with Crippen molar-refractivity contribution in [1.82, 2.24) is 15.0 Å². The topological polar surface area (TPSA) is 83.2 Å². The molecule has 0 unspecified atom stereocenters. The average molecular weight is 429 g/mol. The summed E-state index contributed by atoms with van der Waals surface area (Å²) < 4.78 is 38.7. The quantitative estimate of drug-likeness (QED) is 0.643. The zero-order chi connectivity index (χ0) is 21.8. The van der Waals surface area contributed by atoms with Crippen LogP contribution in [-0.4, -0.2) is 41.1 Å². The summed E-state index contributed by atoms with van der Waals surface area (Å²) in [4.78, 5) is 17.2. The minimum absolute atomic E-state index is 0.108. The molecule has 162 valence electrons. The van der Waals surface area contributed by atoms with E-state index < -0.39 is 11.7 Å². The Hall–Kier alpha value is -3.56. The van der Waals surface area contributed by atoms with E-state index in [1.807, 2.05) is 18.2 Å². The maximum Gasteiger partial charge on any atom is 0.416 e. The van der Waals surface area contributed by atoms with Gasteiger partial charge in [0.05, 0.1) is 5.56 Å². The number of anilines is 4. The highest BCUT2D eigenvalue weighted by Gasteiger charge is 2.30. The Kier molecular flexibility index (Phi) is 5.79. The van der Waals surface area contributed by atoms with Crippen molar-refractivity contribution >= 4 is 23.4 Å². The summed E-state index contributed by atoms with van der Waals surface area (Å²) in [6.45, 7) is 3.23. The number of halogens is 3. The summed E-state index contributed by atoms with van der Waals surface area (Å²) in [6.07, 6.45) is -2.60. The summed E-state index contributed by atoms with van der Waals surface area (Å²) in [5, 5.41) is 3.05. The summed E-state index contributed by atoms with van der Waals surface area (Å²) >= 11 is 0. The molecule has 2 aromatic heterocycles. The van der Waals surface area contributed by atoms with Crippen LogP contribution in [0.4, 0.5) is 36.6 Å². The second-order valence-electron chi connectivity index (χ2n) is 7.18. The van der Waals surface area contributed by atoms with E-state index in [0.717, 1.165) is 44.1 Å². The first kappa shape index (κ1) is 20.7. The Morgan fingerprint density at radius 1 is 0.903 bits per heavy atom. The van der Waals surface area contributed by atoms with Crippen LogP contribution in [0.15, 0.2) is 54.7 Å². The van der Waals surface area contributed by atoms with Crippen molar-refractivity contribution in [3.05, 3.63) is 65.9 Å². The summed E-state index contributed by atoms with van der Waals surface area (Å²) in [5.41, 5.74) is 5.69. The van der Waals surface area contributed by atoms with Gasteiger partial charge in [-0.15, -0.1) is 0 Å². The number of benzene rings is 1. The summed E-state index contributed by atoms with van der Waals surface area (Å²) in [6, 6.07) is 12.8. The molecule has 3 aromatic rings. The number of hydrogen-bond donors (Lipinski definition) is 2. The van der Waals surface area contributed by atoms with Crippen LogP contribution >= 0.6 is 0 Å². The first-order chi connectivity index (χ1) is 14.9. The van der Waals surface area contributed by atoms with Crippen molar-refractivity contribution < 1.29 is 13.2 Å². The molecule has 7 nitrogen and oxygen atoms in total. The maximum absolute atomic E-state index is 12.9. The number of nitrogen functional groups attached to an aromatic ring is 1. The molecule has 0 radical (unpaired) electrons. The van der Waals surface area contributed by atoms with Gasteiger partial charge in [0, 0.05) is 45.0 Å². The number of alkyl halides is 3. The van der Waals surface area contributed by atoms with Gasteiger partial charge < -0.3 is 20.9 Å². The molecule has 1 aromatic carbocycles. The van der Waals surface area contributed by atoms with E-state index in [2.05, 4.69) is 30.1 Å². The lowest BCUT2D eigenvalue weighted by molar-refractivity contribution is -0.137. The molecule has 0 amide bonds. The molecule has 3 heterocycles. The number of hydrogen-bond acceptors (Lipinski definition) is 7. The average Bonchev–Trinajstić information content (AvgIpc) is 2.78. The third-order valence-electron chi connectivity index (χ3n) is 5.03. The molecular formula is C21H22F3N7. The standard InChI is InChI=1S/C21H22F3N7/c22-21(23,24)16-5-3-4-15(12-16)14-27-17-13-19(29-20(25)28-17)31-10-8-30(9-11-31)18-6-1-2-7-26-18/h1-7,12-13H,8-11,14H2,(H3,25,27,28,29). The number of nitrogens with two attached hydrogens (primary N) is 1. The number of nitrogens with zero attached hydrogens (tertiary/aromatic N) is 5. The molecule has 3 N–H and O–H groups in total. The molecule has 31 heavy (non-hydrogen) atoms. The van der Waals surface area contributed by atoms with Gasteiger partial charge in [-0.2, -0.15) is 23.1 Å². The smallest absolute Gasteiger partial charge is 0.368 e. The van der Waals surface area contributed by atoms with E-state index in [1.54, 1.807) is 18.3 Å². The van der Waals surface area contributed by atoms with E-state index in [0.29, 0.717) is 17.2 Å². The molecule has 0 spiro atoms. The summed E-state index contributed by atoms with van der Waals surface area (Å²) in [7, 11) is 0. The number of rotatable bonds is 5. The van der Waals surface area contributed by atoms with Gasteiger partial charge in [-0.05, 0) is 29.8 Å². The predicted molar refractivity (Wildman–Crippen MR) is 114 cm³/mol. The third kappa shape index (κ3) is 5.14. The fourth-order valence-electron chi connectivity index (χ4n) is 3.46. The number of aromatic nitrogens is 3. The Labute approximate surface area is 177 Å². The van der Waals surface area contributed by atoms with Crippen LogP contribution in [0.25, 0.3) is 0 Å². The van der Waals surface area contributed by atoms with Crippen LogP contribution in [0.1, 0.15) is 11.1 Å². The highest BCUT2D eigenvalue weighted by molar-refractivity contribution is 5.54. The monoisotopic (exact) mass is 429 g/mol. The molecule has 1 fully saturated rings. The lowest BCUT2D eigenvalue weighted by atomic mass is 10.1. The molecule has 10 heteroatoms. The molecule has 1 aliphatic heterocycles. The summed E-state index contributed by atoms with van der Waals surface area (Å²) in [5.74, 6) is 2.19. The second-order valence-corrected chi connectivity index (χ2v) is 7.18. The van der Waals surface area contributed by atoms with Gasteiger partial charge in [0.1, 0.15) is 17.5 Å². The fourth-order valence-corrected chi connectivity index (χ4v) is 3.46. The van der Waals surface area contributed by atoms with Gasteiger partial charge in [0.2, 0.25) is 5.95 Å². The molecular weight excluding hydrogens is 407 g/mol.